The zero-order chi connectivity index (χ0) is 17.4. The van der Waals surface area contributed by atoms with Gasteiger partial charge in [-0.3, -0.25) is 0 Å². The number of hydrogen-bond acceptors (Lipinski definition) is 2. The fourth-order valence-electron chi connectivity index (χ4n) is 4.37. The summed E-state index contributed by atoms with van der Waals surface area (Å²) in [5.74, 6) is 0. The second-order valence-corrected chi connectivity index (χ2v) is 7.94. The van der Waals surface area contributed by atoms with E-state index >= 15 is 0 Å². The van der Waals surface area contributed by atoms with Crippen molar-refractivity contribution in [2.45, 2.75) is 31.7 Å². The Labute approximate surface area is 147 Å². The van der Waals surface area contributed by atoms with Gasteiger partial charge in [-0.25, -0.2) is 0 Å². The first-order chi connectivity index (χ1) is 11.9. The third kappa shape index (κ3) is 1.89. The number of hydrogen-bond donors (Lipinski definition) is 1. The van der Waals surface area contributed by atoms with Gasteiger partial charge in [0.2, 0.25) is 0 Å². The Bertz CT molecular complexity index is 1140. The molecule has 5 rings (SSSR count). The van der Waals surface area contributed by atoms with E-state index in [-0.39, 0.29) is 5.41 Å². The first-order valence-corrected chi connectivity index (χ1v) is 8.76. The van der Waals surface area contributed by atoms with Crippen molar-refractivity contribution in [2.24, 2.45) is 5.73 Å². The van der Waals surface area contributed by atoms with Gasteiger partial charge in [-0.15, -0.1) is 0 Å². The molecule has 1 aromatic heterocycles. The fraction of sp³-hybridized carbons (Fsp3) is 0.217. The van der Waals surface area contributed by atoms with Crippen LogP contribution in [0.5, 0.6) is 0 Å². The highest BCUT2D eigenvalue weighted by Crippen LogP contribution is 2.52. The summed E-state index contributed by atoms with van der Waals surface area (Å²) in [6, 6.07) is 12.6. The van der Waals surface area contributed by atoms with Crippen LogP contribution in [0.25, 0.3) is 27.5 Å². The lowest BCUT2D eigenvalue weighted by molar-refractivity contribution is 0.651. The predicted molar refractivity (Wildman–Crippen MR) is 105 cm³/mol. The van der Waals surface area contributed by atoms with E-state index in [1.165, 1.54) is 33.0 Å². The summed E-state index contributed by atoms with van der Waals surface area (Å²) in [6.07, 6.45) is 8.60. The van der Waals surface area contributed by atoms with E-state index in [1.807, 2.05) is 19.1 Å². The average Bonchev–Trinajstić information content (AvgIpc) is 2.97. The zero-order valence-corrected chi connectivity index (χ0v) is 14.8. The molecule has 2 heteroatoms. The fourth-order valence-corrected chi connectivity index (χ4v) is 4.37. The van der Waals surface area contributed by atoms with Crippen LogP contribution in [0.4, 0.5) is 0 Å². The van der Waals surface area contributed by atoms with Crippen LogP contribution in [0.1, 0.15) is 31.9 Å². The Morgan fingerprint density at radius 1 is 0.880 bits per heavy atom. The first kappa shape index (κ1) is 14.7. The van der Waals surface area contributed by atoms with Crippen LogP contribution in [0.15, 0.2) is 70.7 Å². The molecule has 0 spiro atoms. The molecular weight excluding hydrogens is 306 g/mol. The van der Waals surface area contributed by atoms with Gasteiger partial charge in [-0.05, 0) is 41.3 Å². The van der Waals surface area contributed by atoms with Gasteiger partial charge in [0.25, 0.3) is 0 Å². The van der Waals surface area contributed by atoms with Crippen molar-refractivity contribution in [3.05, 3.63) is 77.4 Å². The lowest BCUT2D eigenvalue weighted by atomic mass is 9.79. The van der Waals surface area contributed by atoms with E-state index in [1.54, 1.807) is 0 Å². The van der Waals surface area contributed by atoms with Crippen molar-refractivity contribution in [1.82, 2.24) is 0 Å². The molecule has 0 bridgehead atoms. The summed E-state index contributed by atoms with van der Waals surface area (Å²) in [7, 11) is 0. The molecule has 0 saturated heterocycles. The Balaban J connectivity index is 1.89. The molecule has 2 aliphatic carbocycles. The molecule has 124 valence electrons. The Morgan fingerprint density at radius 2 is 1.64 bits per heavy atom. The highest BCUT2D eigenvalue weighted by Gasteiger charge is 2.39. The second-order valence-electron chi connectivity index (χ2n) is 7.94. The topological polar surface area (TPSA) is 39.2 Å². The van der Waals surface area contributed by atoms with Crippen LogP contribution >= 0.6 is 0 Å². The van der Waals surface area contributed by atoms with Crippen LogP contribution in [-0.2, 0) is 5.41 Å². The van der Waals surface area contributed by atoms with Gasteiger partial charge in [0.1, 0.15) is 11.2 Å². The molecule has 25 heavy (non-hydrogen) atoms. The highest BCUT2D eigenvalue weighted by molar-refractivity contribution is 6.10. The largest absolute Gasteiger partial charge is 0.456 e. The summed E-state index contributed by atoms with van der Waals surface area (Å²) in [4.78, 5) is 0. The highest BCUT2D eigenvalue weighted by atomic mass is 16.3. The molecule has 2 aromatic carbocycles. The maximum Gasteiger partial charge on any atom is 0.135 e. The number of fused-ring (bicyclic) bond motifs is 6. The van der Waals surface area contributed by atoms with Gasteiger partial charge in [-0.1, -0.05) is 62.4 Å². The zero-order valence-electron chi connectivity index (χ0n) is 14.8. The normalized spacial score (nSPS) is 24.0. The summed E-state index contributed by atoms with van der Waals surface area (Å²) in [6.45, 7) is 6.63. The SMILES string of the molecule is CC1(N)C=CC2=C(C=C1)C(C)(C)c1c2ccc2oc3ccccc3c12. The van der Waals surface area contributed by atoms with E-state index in [0.29, 0.717) is 0 Å². The summed E-state index contributed by atoms with van der Waals surface area (Å²) < 4.78 is 6.11. The van der Waals surface area contributed by atoms with Gasteiger partial charge in [-0.2, -0.15) is 0 Å². The third-order valence-electron chi connectivity index (χ3n) is 5.64. The lowest BCUT2D eigenvalue weighted by Gasteiger charge is -2.24. The lowest BCUT2D eigenvalue weighted by Crippen LogP contribution is -2.30. The van der Waals surface area contributed by atoms with E-state index in [0.717, 1.165) is 11.2 Å². The quantitative estimate of drug-likeness (QED) is 0.594. The van der Waals surface area contributed by atoms with Crippen LogP contribution in [0, 0.1) is 0 Å². The van der Waals surface area contributed by atoms with E-state index < -0.39 is 5.54 Å². The van der Waals surface area contributed by atoms with E-state index in [4.69, 9.17) is 10.2 Å². The monoisotopic (exact) mass is 327 g/mol. The van der Waals surface area contributed by atoms with Gasteiger partial charge in [0.15, 0.2) is 0 Å². The van der Waals surface area contributed by atoms with Crippen LogP contribution in [-0.4, -0.2) is 5.54 Å². The third-order valence-corrected chi connectivity index (χ3v) is 5.64. The van der Waals surface area contributed by atoms with Gasteiger partial charge in [0, 0.05) is 16.2 Å². The Morgan fingerprint density at radius 3 is 2.48 bits per heavy atom. The maximum atomic E-state index is 6.32. The smallest absolute Gasteiger partial charge is 0.135 e. The number of benzene rings is 2. The molecule has 1 heterocycles. The van der Waals surface area contributed by atoms with E-state index in [9.17, 15) is 0 Å². The number of allylic oxidation sites excluding steroid dienone is 4. The number of rotatable bonds is 0. The molecule has 2 N–H and O–H groups in total. The van der Waals surface area contributed by atoms with E-state index in [2.05, 4.69) is 62.4 Å². The molecule has 0 saturated carbocycles. The molecular formula is C23H21NO. The molecule has 2 aliphatic rings. The summed E-state index contributed by atoms with van der Waals surface area (Å²) in [5.41, 5.74) is 13.0. The Kier molecular flexibility index (Phi) is 2.67. The van der Waals surface area contributed by atoms with Crippen LogP contribution in [0.3, 0.4) is 0 Å². The summed E-state index contributed by atoms with van der Waals surface area (Å²) in [5, 5.41) is 2.43. The molecule has 0 aliphatic heterocycles. The summed E-state index contributed by atoms with van der Waals surface area (Å²) >= 11 is 0. The molecule has 1 atom stereocenters. The molecule has 0 radical (unpaired) electrons. The van der Waals surface area contributed by atoms with Gasteiger partial charge in [0.05, 0.1) is 5.54 Å². The number of furan rings is 1. The van der Waals surface area contributed by atoms with Crippen LogP contribution in [0.2, 0.25) is 0 Å². The van der Waals surface area contributed by atoms with Crippen molar-refractivity contribution in [2.75, 3.05) is 0 Å². The minimum absolute atomic E-state index is 0.0991. The molecule has 3 aromatic rings. The number of para-hydroxylation sites is 1. The second kappa shape index (κ2) is 4.53. The first-order valence-electron chi connectivity index (χ1n) is 8.76. The average molecular weight is 327 g/mol. The van der Waals surface area contributed by atoms with Gasteiger partial charge < -0.3 is 10.2 Å². The standard InChI is InChI=1S/C23H21NO/c1-22(2)17-11-13-23(3,24)12-10-14(17)15-8-9-19-20(21(15)22)16-6-4-5-7-18(16)25-19/h4-13H,24H2,1-3H3. The van der Waals surface area contributed by atoms with Crippen molar-refractivity contribution in [1.29, 1.82) is 0 Å². The van der Waals surface area contributed by atoms with Crippen molar-refractivity contribution in [3.63, 3.8) is 0 Å². The van der Waals surface area contributed by atoms with Gasteiger partial charge >= 0.3 is 0 Å². The minimum Gasteiger partial charge on any atom is -0.456 e. The van der Waals surface area contributed by atoms with Crippen LogP contribution < -0.4 is 5.73 Å². The van der Waals surface area contributed by atoms with Crippen molar-refractivity contribution < 1.29 is 4.42 Å². The van der Waals surface area contributed by atoms with Crippen molar-refractivity contribution >= 4 is 27.5 Å². The number of nitrogens with two attached hydrogens (primary N) is 1. The molecule has 1 unspecified atom stereocenters. The maximum absolute atomic E-state index is 6.32. The Hall–Kier alpha value is -2.58. The van der Waals surface area contributed by atoms with Crippen molar-refractivity contribution in [3.8, 4) is 0 Å². The molecule has 2 nitrogen and oxygen atoms in total. The molecule has 0 fully saturated rings. The molecule has 0 amide bonds. The minimum atomic E-state index is -0.410. The predicted octanol–water partition coefficient (Wildman–Crippen LogP) is 5.47.